The number of carbonyl (C=O) groups excluding carboxylic acids is 1. The zero-order valence-corrected chi connectivity index (χ0v) is 12.1. The fourth-order valence-electron chi connectivity index (χ4n) is 2.86. The lowest BCUT2D eigenvalue weighted by Crippen LogP contribution is -2.41. The molecule has 3 rings (SSSR count). The number of hydrogen-bond donors (Lipinski definition) is 1. The Kier molecular flexibility index (Phi) is 3.76. The summed E-state index contributed by atoms with van der Waals surface area (Å²) in [4.78, 5) is 21.9. The summed E-state index contributed by atoms with van der Waals surface area (Å²) in [5.41, 5.74) is 1.97. The molecule has 0 unspecified atom stereocenters. The van der Waals surface area contributed by atoms with Crippen LogP contribution in [0.15, 0.2) is 0 Å². The van der Waals surface area contributed by atoms with Crippen LogP contribution >= 0.6 is 11.6 Å². The van der Waals surface area contributed by atoms with Gasteiger partial charge in [-0.3, -0.25) is 9.69 Å². The van der Waals surface area contributed by atoms with Crippen molar-refractivity contribution in [3.05, 3.63) is 16.5 Å². The number of halogens is 1. The van der Waals surface area contributed by atoms with Crippen LogP contribution in [0.5, 0.6) is 5.88 Å². The van der Waals surface area contributed by atoms with Gasteiger partial charge in [0.2, 0.25) is 17.1 Å². The number of carbonyl (C=O) groups is 1. The van der Waals surface area contributed by atoms with E-state index in [2.05, 4.69) is 20.2 Å². The molecule has 108 valence electrons. The average Bonchev–Trinajstić information content (AvgIpc) is 2.83. The highest BCUT2D eigenvalue weighted by Gasteiger charge is 2.27. The van der Waals surface area contributed by atoms with Gasteiger partial charge in [0.15, 0.2) is 0 Å². The molecular weight excluding hydrogens is 280 g/mol. The van der Waals surface area contributed by atoms with E-state index in [1.165, 1.54) is 0 Å². The Morgan fingerprint density at radius 3 is 3.00 bits per heavy atom. The van der Waals surface area contributed by atoms with Crippen LogP contribution in [0, 0.1) is 0 Å². The lowest BCUT2D eigenvalue weighted by Gasteiger charge is -2.30. The smallest absolute Gasteiger partial charge is 0.225 e. The van der Waals surface area contributed by atoms with Crippen LogP contribution in [0.25, 0.3) is 0 Å². The van der Waals surface area contributed by atoms with Crippen molar-refractivity contribution in [2.45, 2.75) is 31.8 Å². The van der Waals surface area contributed by atoms with Gasteiger partial charge in [-0.1, -0.05) is 0 Å². The van der Waals surface area contributed by atoms with Crippen LogP contribution in [0.3, 0.4) is 0 Å². The number of aromatic nitrogens is 2. The lowest BCUT2D eigenvalue weighted by molar-refractivity contribution is -0.119. The van der Waals surface area contributed by atoms with Gasteiger partial charge in [0.25, 0.3) is 0 Å². The minimum Gasteiger partial charge on any atom is -0.481 e. The largest absolute Gasteiger partial charge is 0.481 e. The Balaban J connectivity index is 1.73. The molecule has 20 heavy (non-hydrogen) atoms. The molecule has 0 bridgehead atoms. The zero-order valence-electron chi connectivity index (χ0n) is 11.4. The highest BCUT2D eigenvalue weighted by atomic mass is 35.5. The number of hydrogen-bond acceptors (Lipinski definition) is 5. The quantitative estimate of drug-likeness (QED) is 0.835. The molecule has 1 atom stereocenters. The van der Waals surface area contributed by atoms with Gasteiger partial charge >= 0.3 is 0 Å². The van der Waals surface area contributed by atoms with E-state index >= 15 is 0 Å². The highest BCUT2D eigenvalue weighted by Crippen LogP contribution is 2.27. The second-order valence-electron chi connectivity index (χ2n) is 5.22. The average molecular weight is 297 g/mol. The third-order valence-corrected chi connectivity index (χ3v) is 4.00. The molecule has 1 N–H and O–H groups in total. The van der Waals surface area contributed by atoms with Crippen LogP contribution in [0.4, 0.5) is 0 Å². The molecule has 2 aliphatic heterocycles. The van der Waals surface area contributed by atoms with Gasteiger partial charge in [-0.25, -0.2) is 4.98 Å². The number of rotatable bonds is 3. The van der Waals surface area contributed by atoms with Crippen molar-refractivity contribution >= 4 is 17.5 Å². The van der Waals surface area contributed by atoms with Gasteiger partial charge in [0.1, 0.15) is 0 Å². The first-order valence-corrected chi connectivity index (χ1v) is 7.14. The van der Waals surface area contributed by atoms with Crippen molar-refractivity contribution < 1.29 is 9.53 Å². The predicted molar refractivity (Wildman–Crippen MR) is 73.7 cm³/mol. The summed E-state index contributed by atoms with van der Waals surface area (Å²) >= 11 is 5.89. The van der Waals surface area contributed by atoms with Crippen molar-refractivity contribution in [3.63, 3.8) is 0 Å². The second kappa shape index (κ2) is 5.54. The highest BCUT2D eigenvalue weighted by molar-refractivity contribution is 6.28. The number of nitrogens with one attached hydrogen (secondary N) is 1. The van der Waals surface area contributed by atoms with E-state index in [1.54, 1.807) is 7.11 Å². The first-order valence-electron chi connectivity index (χ1n) is 6.76. The van der Waals surface area contributed by atoms with Crippen LogP contribution in [-0.2, 0) is 17.8 Å². The van der Waals surface area contributed by atoms with Gasteiger partial charge in [0, 0.05) is 44.1 Å². The van der Waals surface area contributed by atoms with Crippen LogP contribution in [0.1, 0.15) is 24.1 Å². The van der Waals surface area contributed by atoms with Crippen molar-refractivity contribution in [3.8, 4) is 5.88 Å². The molecule has 3 heterocycles. The Bertz CT molecular complexity index is 520. The molecule has 0 spiro atoms. The molecule has 7 heteroatoms. The maximum absolute atomic E-state index is 11.2. The van der Waals surface area contributed by atoms with Gasteiger partial charge in [0.05, 0.1) is 12.8 Å². The van der Waals surface area contributed by atoms with Gasteiger partial charge in [-0.15, -0.1) is 0 Å². The monoisotopic (exact) mass is 296 g/mol. The van der Waals surface area contributed by atoms with Crippen molar-refractivity contribution in [1.29, 1.82) is 0 Å². The topological polar surface area (TPSA) is 67.4 Å². The number of fused-ring (bicyclic) bond motifs is 1. The van der Waals surface area contributed by atoms with Gasteiger partial charge < -0.3 is 10.1 Å². The molecule has 0 radical (unpaired) electrons. The normalized spacial score (nSPS) is 22.5. The van der Waals surface area contributed by atoms with Crippen LogP contribution < -0.4 is 10.1 Å². The second-order valence-corrected chi connectivity index (χ2v) is 5.55. The van der Waals surface area contributed by atoms with E-state index in [-0.39, 0.29) is 17.2 Å². The summed E-state index contributed by atoms with van der Waals surface area (Å²) in [6.07, 6.45) is 2.38. The minimum atomic E-state index is 0.153. The number of ether oxygens (including phenoxy) is 1. The maximum Gasteiger partial charge on any atom is 0.225 e. The van der Waals surface area contributed by atoms with Crippen molar-refractivity contribution in [2.75, 3.05) is 20.2 Å². The van der Waals surface area contributed by atoms with E-state index in [0.29, 0.717) is 12.3 Å². The first kappa shape index (κ1) is 13.6. The fraction of sp³-hybridized carbons (Fsp3) is 0.615. The van der Waals surface area contributed by atoms with Crippen LogP contribution in [-0.4, -0.2) is 47.0 Å². The fourth-order valence-corrected chi connectivity index (χ4v) is 3.04. The molecule has 1 saturated heterocycles. The standard InChI is InChI=1S/C13H17ClN4O2/c1-20-12-9-7-18(6-8-2-3-11(19)15-8)5-4-10(9)16-13(14)17-12/h8H,2-7H2,1H3,(H,15,19)/t8-/m0/s1. The first-order chi connectivity index (χ1) is 9.65. The Morgan fingerprint density at radius 2 is 2.30 bits per heavy atom. The summed E-state index contributed by atoms with van der Waals surface area (Å²) in [7, 11) is 1.59. The van der Waals surface area contributed by atoms with E-state index in [9.17, 15) is 4.79 Å². The predicted octanol–water partition coefficient (Wildman–Crippen LogP) is 0.775. The van der Waals surface area contributed by atoms with E-state index in [4.69, 9.17) is 16.3 Å². The molecule has 1 aromatic heterocycles. The summed E-state index contributed by atoms with van der Waals surface area (Å²) in [6.45, 7) is 2.51. The van der Waals surface area contributed by atoms with Crippen LogP contribution in [0.2, 0.25) is 5.28 Å². The SMILES string of the molecule is COc1nc(Cl)nc2c1CN(C[C@@H]1CCC(=O)N1)CC2. The van der Waals surface area contributed by atoms with E-state index < -0.39 is 0 Å². The van der Waals surface area contributed by atoms with E-state index in [1.807, 2.05) is 0 Å². The molecule has 0 saturated carbocycles. The molecule has 2 aliphatic rings. The molecule has 6 nitrogen and oxygen atoms in total. The Morgan fingerprint density at radius 1 is 1.45 bits per heavy atom. The van der Waals surface area contributed by atoms with Gasteiger partial charge in [-0.2, -0.15) is 4.98 Å². The van der Waals surface area contributed by atoms with Gasteiger partial charge in [-0.05, 0) is 18.0 Å². The molecule has 1 aromatic rings. The summed E-state index contributed by atoms with van der Waals surface area (Å²) < 4.78 is 5.30. The summed E-state index contributed by atoms with van der Waals surface area (Å²) in [5, 5.41) is 3.23. The molecule has 1 amide bonds. The third kappa shape index (κ3) is 2.71. The number of nitrogens with zero attached hydrogens (tertiary/aromatic N) is 3. The molecular formula is C13H17ClN4O2. The van der Waals surface area contributed by atoms with Crippen molar-refractivity contribution in [1.82, 2.24) is 20.2 Å². The maximum atomic E-state index is 11.2. The molecule has 0 aromatic carbocycles. The minimum absolute atomic E-state index is 0.153. The Hall–Kier alpha value is -1.40. The molecule has 0 aliphatic carbocycles. The lowest BCUT2D eigenvalue weighted by atomic mass is 10.1. The van der Waals surface area contributed by atoms with E-state index in [0.717, 1.165) is 43.7 Å². The third-order valence-electron chi connectivity index (χ3n) is 3.83. The number of methoxy groups -OCH3 is 1. The zero-order chi connectivity index (χ0) is 14.1. The number of amides is 1. The summed E-state index contributed by atoms with van der Waals surface area (Å²) in [6, 6.07) is 0.253. The Labute approximate surface area is 122 Å². The summed E-state index contributed by atoms with van der Waals surface area (Å²) in [5.74, 6) is 0.709. The molecule has 1 fully saturated rings. The van der Waals surface area contributed by atoms with Crippen molar-refractivity contribution in [2.24, 2.45) is 0 Å².